The lowest BCUT2D eigenvalue weighted by molar-refractivity contribution is 0.326. The molecule has 0 amide bonds. The highest BCUT2D eigenvalue weighted by molar-refractivity contribution is 7.84. The van der Waals surface area contributed by atoms with E-state index < -0.39 is 10.8 Å². The highest BCUT2D eigenvalue weighted by Gasteiger charge is 2.01. The molecule has 2 aromatic rings. The van der Waals surface area contributed by atoms with E-state index in [1.807, 2.05) is 31.2 Å². The van der Waals surface area contributed by atoms with Crippen LogP contribution in [-0.4, -0.2) is 27.0 Å². The molecule has 1 N–H and O–H groups in total. The van der Waals surface area contributed by atoms with E-state index in [4.69, 9.17) is 4.74 Å². The van der Waals surface area contributed by atoms with Crippen LogP contribution in [0.4, 0.5) is 5.82 Å². The average Bonchev–Trinajstić information content (AvgIpc) is 2.46. The maximum atomic E-state index is 11.3. The van der Waals surface area contributed by atoms with Gasteiger partial charge in [-0.05, 0) is 24.6 Å². The highest BCUT2D eigenvalue weighted by atomic mass is 32.2. The summed E-state index contributed by atoms with van der Waals surface area (Å²) < 4.78 is 16.6. The molecule has 0 aliphatic heterocycles. The maximum absolute atomic E-state index is 11.3. The van der Waals surface area contributed by atoms with E-state index in [0.717, 1.165) is 10.5 Å². The van der Waals surface area contributed by atoms with E-state index in [1.54, 1.807) is 12.3 Å². The Labute approximate surface area is 120 Å². The number of aromatic nitrogens is 2. The Morgan fingerprint density at radius 2 is 2.00 bits per heavy atom. The summed E-state index contributed by atoms with van der Waals surface area (Å²) in [4.78, 5) is 8.97. The topological polar surface area (TPSA) is 64.1 Å². The standard InChI is InChI=1S/C14H17N3O2S/c1-3-19-14-8-13(16-10-17-14)15-9-11-4-6-12(7-5-11)20(2)18/h4-8,10H,3,9H2,1-2H3,(H,15,16,17). The fourth-order valence-electron chi connectivity index (χ4n) is 1.65. The summed E-state index contributed by atoms with van der Waals surface area (Å²) in [6.45, 7) is 3.12. The molecule has 1 aromatic heterocycles. The fraction of sp³-hybridized carbons (Fsp3) is 0.286. The van der Waals surface area contributed by atoms with Crippen molar-refractivity contribution in [2.75, 3.05) is 18.2 Å². The number of nitrogens with zero attached hydrogens (tertiary/aromatic N) is 2. The minimum Gasteiger partial charge on any atom is -0.478 e. The Hall–Kier alpha value is -1.95. The summed E-state index contributed by atoms with van der Waals surface area (Å²) >= 11 is 0. The number of anilines is 1. The Morgan fingerprint density at radius 3 is 2.65 bits per heavy atom. The zero-order valence-corrected chi connectivity index (χ0v) is 12.3. The van der Waals surface area contributed by atoms with Crippen molar-refractivity contribution in [3.05, 3.63) is 42.2 Å². The molecule has 6 heteroatoms. The van der Waals surface area contributed by atoms with E-state index >= 15 is 0 Å². The molecule has 0 aliphatic rings. The molecule has 2 rings (SSSR count). The van der Waals surface area contributed by atoms with Gasteiger partial charge >= 0.3 is 0 Å². The number of nitrogens with one attached hydrogen (secondary N) is 1. The lowest BCUT2D eigenvalue weighted by atomic mass is 10.2. The van der Waals surface area contributed by atoms with Crippen molar-refractivity contribution in [3.63, 3.8) is 0 Å². The van der Waals surface area contributed by atoms with Gasteiger partial charge in [0.2, 0.25) is 5.88 Å². The van der Waals surface area contributed by atoms with Crippen LogP contribution in [0, 0.1) is 0 Å². The van der Waals surface area contributed by atoms with E-state index in [1.165, 1.54) is 6.33 Å². The molecule has 20 heavy (non-hydrogen) atoms. The molecule has 5 nitrogen and oxygen atoms in total. The molecule has 1 unspecified atom stereocenters. The molecule has 0 aliphatic carbocycles. The molecule has 0 radical (unpaired) electrons. The minimum atomic E-state index is -0.940. The number of hydrogen-bond donors (Lipinski definition) is 1. The molecule has 0 saturated heterocycles. The summed E-state index contributed by atoms with van der Waals surface area (Å²) in [5.74, 6) is 1.27. The number of ether oxygens (including phenoxy) is 1. The molecule has 0 bridgehead atoms. The number of hydrogen-bond acceptors (Lipinski definition) is 5. The van der Waals surface area contributed by atoms with Crippen molar-refractivity contribution in [2.24, 2.45) is 0 Å². The van der Waals surface area contributed by atoms with Crippen LogP contribution in [0.2, 0.25) is 0 Å². The van der Waals surface area contributed by atoms with Gasteiger partial charge < -0.3 is 10.1 Å². The molecule has 1 atom stereocenters. The van der Waals surface area contributed by atoms with Crippen LogP contribution in [0.25, 0.3) is 0 Å². The van der Waals surface area contributed by atoms with E-state index in [2.05, 4.69) is 15.3 Å². The van der Waals surface area contributed by atoms with Gasteiger partial charge in [0.1, 0.15) is 12.1 Å². The monoisotopic (exact) mass is 291 g/mol. The first kappa shape index (κ1) is 14.5. The average molecular weight is 291 g/mol. The molecular formula is C14H17N3O2S. The van der Waals surface area contributed by atoms with Crippen molar-refractivity contribution in [2.45, 2.75) is 18.4 Å². The first-order chi connectivity index (χ1) is 9.69. The Morgan fingerprint density at radius 1 is 1.25 bits per heavy atom. The Balaban J connectivity index is 1.97. The first-order valence-electron chi connectivity index (χ1n) is 6.30. The predicted molar refractivity (Wildman–Crippen MR) is 79.3 cm³/mol. The minimum absolute atomic E-state index is 0.557. The third-order valence-electron chi connectivity index (χ3n) is 2.66. The van der Waals surface area contributed by atoms with Crippen LogP contribution in [-0.2, 0) is 17.3 Å². The Kier molecular flexibility index (Phi) is 5.06. The largest absolute Gasteiger partial charge is 0.478 e. The van der Waals surface area contributed by atoms with Gasteiger partial charge in [-0.15, -0.1) is 0 Å². The summed E-state index contributed by atoms with van der Waals surface area (Å²) in [5, 5.41) is 3.20. The van der Waals surface area contributed by atoms with Crippen LogP contribution < -0.4 is 10.1 Å². The van der Waals surface area contributed by atoms with Gasteiger partial charge in [-0.2, -0.15) is 0 Å². The predicted octanol–water partition coefficient (Wildman–Crippen LogP) is 2.22. The van der Waals surface area contributed by atoms with Gasteiger partial charge in [0.25, 0.3) is 0 Å². The molecule has 1 heterocycles. The molecule has 106 valence electrons. The molecule has 0 fully saturated rings. The van der Waals surface area contributed by atoms with Crippen LogP contribution in [0.5, 0.6) is 5.88 Å². The van der Waals surface area contributed by atoms with Crippen molar-refractivity contribution in [3.8, 4) is 5.88 Å². The van der Waals surface area contributed by atoms with Gasteiger partial charge in [0.05, 0.1) is 6.61 Å². The smallest absolute Gasteiger partial charge is 0.218 e. The van der Waals surface area contributed by atoms with Crippen molar-refractivity contribution in [1.29, 1.82) is 0 Å². The Bertz CT molecular complexity index is 587. The van der Waals surface area contributed by atoms with Crippen molar-refractivity contribution >= 4 is 16.6 Å². The summed E-state index contributed by atoms with van der Waals surface area (Å²) in [6, 6.07) is 9.42. The molecular weight excluding hydrogens is 274 g/mol. The van der Waals surface area contributed by atoms with Crippen molar-refractivity contribution < 1.29 is 8.95 Å². The molecule has 0 spiro atoms. The normalized spacial score (nSPS) is 11.9. The van der Waals surface area contributed by atoms with Crippen molar-refractivity contribution in [1.82, 2.24) is 9.97 Å². The van der Waals surface area contributed by atoms with Gasteiger partial charge in [-0.3, -0.25) is 4.21 Å². The highest BCUT2D eigenvalue weighted by Crippen LogP contribution is 2.13. The quantitative estimate of drug-likeness (QED) is 0.884. The third kappa shape index (κ3) is 4.03. The van der Waals surface area contributed by atoms with Crippen LogP contribution >= 0.6 is 0 Å². The number of benzene rings is 1. The van der Waals surface area contributed by atoms with E-state index in [0.29, 0.717) is 24.8 Å². The summed E-state index contributed by atoms with van der Waals surface area (Å²) in [7, 11) is -0.940. The van der Waals surface area contributed by atoms with Crippen LogP contribution in [0.15, 0.2) is 41.6 Å². The summed E-state index contributed by atoms with van der Waals surface area (Å²) in [5.41, 5.74) is 1.09. The zero-order valence-electron chi connectivity index (χ0n) is 11.5. The first-order valence-corrected chi connectivity index (χ1v) is 7.86. The van der Waals surface area contributed by atoms with Gasteiger partial charge in [0, 0.05) is 34.6 Å². The van der Waals surface area contributed by atoms with E-state index in [-0.39, 0.29) is 0 Å². The second kappa shape index (κ2) is 7.00. The second-order valence-corrected chi connectivity index (χ2v) is 5.51. The number of rotatable bonds is 6. The van der Waals surface area contributed by atoms with E-state index in [9.17, 15) is 4.21 Å². The van der Waals surface area contributed by atoms with Gasteiger partial charge in [-0.1, -0.05) is 12.1 Å². The second-order valence-electron chi connectivity index (χ2n) is 4.13. The molecule has 0 saturated carbocycles. The van der Waals surface area contributed by atoms with Gasteiger partial charge in [0.15, 0.2) is 0 Å². The summed E-state index contributed by atoms with van der Waals surface area (Å²) in [6.07, 6.45) is 3.14. The third-order valence-corrected chi connectivity index (χ3v) is 3.60. The maximum Gasteiger partial charge on any atom is 0.218 e. The molecule has 1 aromatic carbocycles. The lowest BCUT2D eigenvalue weighted by Crippen LogP contribution is -2.03. The fourth-order valence-corrected chi connectivity index (χ4v) is 2.17. The van der Waals surface area contributed by atoms with Gasteiger partial charge in [-0.25, -0.2) is 9.97 Å². The lowest BCUT2D eigenvalue weighted by Gasteiger charge is -2.07. The zero-order chi connectivity index (χ0) is 14.4. The van der Waals surface area contributed by atoms with Crippen LogP contribution in [0.3, 0.4) is 0 Å². The van der Waals surface area contributed by atoms with Crippen LogP contribution in [0.1, 0.15) is 12.5 Å². The SMILES string of the molecule is CCOc1cc(NCc2ccc(S(C)=O)cc2)ncn1.